The predicted octanol–water partition coefficient (Wildman–Crippen LogP) is 8.58. The third-order valence-electron chi connectivity index (χ3n) is 12.7. The van der Waals surface area contributed by atoms with Gasteiger partial charge in [-0.05, 0) is 128 Å². The Morgan fingerprint density at radius 1 is 0.906 bits per heavy atom. The zero-order valence-electron chi connectivity index (χ0n) is 21.4. The Morgan fingerprint density at radius 3 is 2.28 bits per heavy atom. The summed E-state index contributed by atoms with van der Waals surface area (Å²) in [5, 5.41) is -0.0459. The quantitative estimate of drug-likeness (QED) is 0.300. The van der Waals surface area contributed by atoms with Crippen LogP contribution in [0.15, 0.2) is 24.3 Å². The minimum absolute atomic E-state index is 0.0459. The molecule has 0 spiro atoms. The minimum Gasteiger partial charge on any atom is -0.281 e. The molecule has 0 aromatic heterocycles. The van der Waals surface area contributed by atoms with Gasteiger partial charge in [0.25, 0.3) is 0 Å². The van der Waals surface area contributed by atoms with Crippen molar-refractivity contribution in [3.63, 3.8) is 0 Å². The van der Waals surface area contributed by atoms with E-state index in [0.29, 0.717) is 34.0 Å². The van der Waals surface area contributed by atoms with E-state index in [1.54, 1.807) is 0 Å². The molecular weight excluding hydrogens is 412 g/mol. The Labute approximate surface area is 201 Å². The Balaban J connectivity index is 1.58. The average molecular weight is 457 g/mol. The molecule has 5 aliphatic carbocycles. The molecule has 0 heterocycles. The summed E-state index contributed by atoms with van der Waals surface area (Å²) in [7, 11) is 0. The summed E-state index contributed by atoms with van der Waals surface area (Å²) < 4.78 is 0. The largest absolute Gasteiger partial charge is 0.281 e. The zero-order valence-corrected chi connectivity index (χ0v) is 22.2. The fraction of sp³-hybridized carbons (Fsp3) is 0.833. The zero-order chi connectivity index (χ0) is 23.3. The highest BCUT2D eigenvalue weighted by molar-refractivity contribution is 6.64. The van der Waals surface area contributed by atoms with E-state index in [4.69, 9.17) is 11.6 Å². The lowest BCUT2D eigenvalue weighted by Gasteiger charge is -2.72. The molecule has 0 radical (unpaired) electrons. The average Bonchev–Trinajstić information content (AvgIpc) is 3.09. The molecule has 5 rings (SSSR count). The van der Waals surface area contributed by atoms with Crippen LogP contribution in [0.25, 0.3) is 0 Å². The molecule has 0 bridgehead atoms. The number of hydrogen-bond donors (Lipinski definition) is 0. The second kappa shape index (κ2) is 6.99. The summed E-state index contributed by atoms with van der Waals surface area (Å²) in [6.45, 7) is 19.5. The number of fused-ring (bicyclic) bond motifs is 7. The molecule has 1 nitrogen and oxygen atoms in total. The number of hydrogen-bond acceptors (Lipinski definition) is 1. The van der Waals surface area contributed by atoms with Crippen LogP contribution < -0.4 is 0 Å². The van der Waals surface area contributed by atoms with Crippen molar-refractivity contribution < 1.29 is 4.79 Å². The molecule has 0 aromatic carbocycles. The maximum Gasteiger partial charge on any atom is 0.228 e. The van der Waals surface area contributed by atoms with Crippen LogP contribution in [0.2, 0.25) is 0 Å². The number of rotatable bonds is 2. The third kappa shape index (κ3) is 2.67. The summed E-state index contributed by atoms with van der Waals surface area (Å²) in [6.07, 6.45) is 15.8. The van der Waals surface area contributed by atoms with E-state index in [9.17, 15) is 4.79 Å². The molecule has 0 aromatic rings. The van der Waals surface area contributed by atoms with Crippen molar-refractivity contribution in [3.05, 3.63) is 24.3 Å². The van der Waals surface area contributed by atoms with E-state index in [-0.39, 0.29) is 16.1 Å². The van der Waals surface area contributed by atoms with Gasteiger partial charge in [-0.1, -0.05) is 58.9 Å². The molecule has 178 valence electrons. The van der Waals surface area contributed by atoms with Crippen LogP contribution in [-0.4, -0.2) is 5.24 Å². The van der Waals surface area contributed by atoms with E-state index in [1.165, 1.54) is 44.1 Å². The molecule has 0 N–H and O–H groups in total. The van der Waals surface area contributed by atoms with Crippen LogP contribution in [-0.2, 0) is 4.79 Å². The monoisotopic (exact) mass is 456 g/mol. The molecule has 0 aliphatic heterocycles. The maximum absolute atomic E-state index is 13.0. The van der Waals surface area contributed by atoms with E-state index in [0.717, 1.165) is 31.1 Å². The normalized spacial score (nSPS) is 53.5. The summed E-state index contributed by atoms with van der Waals surface area (Å²) >= 11 is 6.44. The number of carbonyl (C=O) groups excluding carboxylic acids is 1. The number of halogens is 1. The second-order valence-electron chi connectivity index (χ2n) is 14.0. The molecule has 2 heteroatoms. The maximum atomic E-state index is 13.0. The van der Waals surface area contributed by atoms with Gasteiger partial charge < -0.3 is 0 Å². The van der Waals surface area contributed by atoms with Crippen LogP contribution in [0.5, 0.6) is 0 Å². The summed E-state index contributed by atoms with van der Waals surface area (Å²) in [5.41, 5.74) is 2.30. The van der Waals surface area contributed by atoms with E-state index < -0.39 is 0 Å². The van der Waals surface area contributed by atoms with Crippen molar-refractivity contribution in [2.24, 2.45) is 56.7 Å². The topological polar surface area (TPSA) is 17.1 Å². The SMILES string of the molecule is C=C(C)[C@@H]1CC[C@]2(C(=O)Cl)CC[C@]3(C)[C@H](CC[C@@H]4[C@@]5(C)CC=CC(C)(C)[C@@H]5CC[C@]43C)[C@@H]12. The van der Waals surface area contributed by atoms with Gasteiger partial charge in [0, 0.05) is 5.41 Å². The van der Waals surface area contributed by atoms with Crippen molar-refractivity contribution in [2.75, 3.05) is 0 Å². The Morgan fingerprint density at radius 2 is 1.62 bits per heavy atom. The number of allylic oxidation sites excluding steroid dienone is 3. The van der Waals surface area contributed by atoms with Crippen LogP contribution >= 0.6 is 11.6 Å². The lowest BCUT2D eigenvalue weighted by Crippen LogP contribution is -2.65. The molecule has 4 saturated carbocycles. The molecular formula is C30H45ClO. The smallest absolute Gasteiger partial charge is 0.228 e. The van der Waals surface area contributed by atoms with Crippen LogP contribution in [0.4, 0.5) is 0 Å². The van der Waals surface area contributed by atoms with Crippen molar-refractivity contribution in [1.29, 1.82) is 0 Å². The first-order chi connectivity index (χ1) is 14.8. The number of carbonyl (C=O) groups is 1. The van der Waals surface area contributed by atoms with Gasteiger partial charge in [-0.2, -0.15) is 0 Å². The predicted molar refractivity (Wildman–Crippen MR) is 134 cm³/mol. The molecule has 0 saturated heterocycles. The van der Waals surface area contributed by atoms with Gasteiger partial charge in [-0.3, -0.25) is 4.79 Å². The molecule has 9 atom stereocenters. The van der Waals surface area contributed by atoms with Crippen LogP contribution in [0.3, 0.4) is 0 Å². The third-order valence-corrected chi connectivity index (χ3v) is 13.1. The Bertz CT molecular complexity index is 870. The Kier molecular flexibility index (Phi) is 5.07. The van der Waals surface area contributed by atoms with Crippen LogP contribution in [0.1, 0.15) is 99.3 Å². The van der Waals surface area contributed by atoms with Gasteiger partial charge >= 0.3 is 0 Å². The first-order valence-electron chi connectivity index (χ1n) is 13.4. The van der Waals surface area contributed by atoms with Gasteiger partial charge in [0.15, 0.2) is 0 Å². The van der Waals surface area contributed by atoms with E-state index in [1.807, 2.05) is 0 Å². The molecule has 0 unspecified atom stereocenters. The lowest BCUT2D eigenvalue weighted by molar-refractivity contribution is -0.224. The highest BCUT2D eigenvalue weighted by atomic mass is 35.5. The van der Waals surface area contributed by atoms with Crippen molar-refractivity contribution in [2.45, 2.75) is 99.3 Å². The van der Waals surface area contributed by atoms with E-state index >= 15 is 0 Å². The molecule has 0 amide bonds. The van der Waals surface area contributed by atoms with Gasteiger partial charge in [0.1, 0.15) is 0 Å². The van der Waals surface area contributed by atoms with Crippen molar-refractivity contribution in [1.82, 2.24) is 0 Å². The summed E-state index contributed by atoms with van der Waals surface area (Å²) in [4.78, 5) is 13.0. The minimum atomic E-state index is -0.296. The van der Waals surface area contributed by atoms with Crippen molar-refractivity contribution in [3.8, 4) is 0 Å². The highest BCUT2D eigenvalue weighted by Crippen LogP contribution is 2.77. The molecule has 5 aliphatic rings. The first kappa shape index (κ1) is 23.2. The second-order valence-corrected chi connectivity index (χ2v) is 14.4. The molecule has 4 fully saturated rings. The van der Waals surface area contributed by atoms with Gasteiger partial charge in [-0.25, -0.2) is 0 Å². The van der Waals surface area contributed by atoms with Gasteiger partial charge in [0.05, 0.1) is 0 Å². The Hall–Kier alpha value is -0.560. The lowest BCUT2D eigenvalue weighted by atomic mass is 9.33. The standard InChI is InChI=1S/C30H45ClO/c1-19(2)20-11-16-30(25(31)32)18-17-28(6)21(24(20)30)9-10-23-27(5)14-8-13-26(3,4)22(27)12-15-29(23,28)7/h8,13,20-24H,1,9-12,14-18H2,2-7H3/t20-,21+,22-,23+,24+,27-,28+,29+,30-/m0/s1. The van der Waals surface area contributed by atoms with Gasteiger partial charge in [-0.15, -0.1) is 0 Å². The van der Waals surface area contributed by atoms with Gasteiger partial charge in [0.2, 0.25) is 5.24 Å². The summed E-state index contributed by atoms with van der Waals surface area (Å²) in [5.74, 6) is 3.00. The van der Waals surface area contributed by atoms with Crippen molar-refractivity contribution >= 4 is 16.8 Å². The van der Waals surface area contributed by atoms with E-state index in [2.05, 4.69) is 60.3 Å². The molecule has 32 heavy (non-hydrogen) atoms. The highest BCUT2D eigenvalue weighted by Gasteiger charge is 2.71. The van der Waals surface area contributed by atoms with Crippen LogP contribution in [0, 0.1) is 56.7 Å². The first-order valence-corrected chi connectivity index (χ1v) is 13.7. The fourth-order valence-corrected chi connectivity index (χ4v) is 11.4. The summed E-state index contributed by atoms with van der Waals surface area (Å²) in [6, 6.07) is 0. The fourth-order valence-electron chi connectivity index (χ4n) is 11.1.